The van der Waals surface area contributed by atoms with Crippen molar-refractivity contribution in [1.29, 1.82) is 0 Å². The third-order valence-electron chi connectivity index (χ3n) is 2.88. The maximum absolute atomic E-state index is 14.1. The molecule has 0 radical (unpaired) electrons. The number of halogens is 1. The summed E-state index contributed by atoms with van der Waals surface area (Å²) in [6.07, 6.45) is 1.47. The van der Waals surface area contributed by atoms with Crippen LogP contribution in [0.15, 0.2) is 36.5 Å². The Kier molecular flexibility index (Phi) is 3.97. The maximum Gasteiger partial charge on any atom is 0.171 e. The van der Waals surface area contributed by atoms with Gasteiger partial charge in [-0.3, -0.25) is 0 Å². The Bertz CT molecular complexity index is 575. The molecule has 0 spiro atoms. The summed E-state index contributed by atoms with van der Waals surface area (Å²) in [7, 11) is 3.28. The largest absolute Gasteiger partial charge is 0.497 e. The molecule has 2 aromatic rings. The number of aromatic nitrogens is 1. The van der Waals surface area contributed by atoms with E-state index in [1.54, 1.807) is 25.1 Å². The van der Waals surface area contributed by atoms with Crippen molar-refractivity contribution in [2.75, 3.05) is 19.1 Å². The topological polar surface area (TPSA) is 45.6 Å². The predicted molar refractivity (Wildman–Crippen MR) is 71.2 cm³/mol. The number of pyridine rings is 1. The number of ether oxygens (including phenoxy) is 1. The average Bonchev–Trinajstić information content (AvgIpc) is 2.47. The van der Waals surface area contributed by atoms with E-state index in [0.29, 0.717) is 5.75 Å². The van der Waals surface area contributed by atoms with Gasteiger partial charge in [-0.25, -0.2) is 9.37 Å². The van der Waals surface area contributed by atoms with Crippen LogP contribution in [0.25, 0.3) is 0 Å². The number of aliphatic hydroxyl groups excluding tert-OH is 1. The fourth-order valence-electron chi connectivity index (χ4n) is 1.77. The molecule has 0 saturated heterocycles. The van der Waals surface area contributed by atoms with Crippen LogP contribution in [0.4, 0.5) is 15.9 Å². The van der Waals surface area contributed by atoms with Crippen LogP contribution < -0.4 is 9.64 Å². The average molecular weight is 262 g/mol. The summed E-state index contributed by atoms with van der Waals surface area (Å²) in [6.45, 7) is -0.354. The van der Waals surface area contributed by atoms with Crippen LogP contribution in [0, 0.1) is 5.82 Å². The lowest BCUT2D eigenvalue weighted by molar-refractivity contribution is 0.275. The molecule has 1 heterocycles. The second-order valence-corrected chi connectivity index (χ2v) is 4.03. The van der Waals surface area contributed by atoms with Gasteiger partial charge in [-0.15, -0.1) is 0 Å². The lowest BCUT2D eigenvalue weighted by Gasteiger charge is -2.20. The molecule has 4 nitrogen and oxygen atoms in total. The van der Waals surface area contributed by atoms with Crippen molar-refractivity contribution in [2.24, 2.45) is 0 Å². The number of hydrogen-bond acceptors (Lipinski definition) is 4. The van der Waals surface area contributed by atoms with Gasteiger partial charge in [-0.05, 0) is 18.2 Å². The number of hydrogen-bond donors (Lipinski definition) is 1. The Balaban J connectivity index is 2.40. The highest BCUT2D eigenvalue weighted by Gasteiger charge is 2.14. The van der Waals surface area contributed by atoms with E-state index >= 15 is 0 Å². The van der Waals surface area contributed by atoms with Gasteiger partial charge in [0.05, 0.1) is 13.7 Å². The number of benzene rings is 1. The third kappa shape index (κ3) is 2.66. The Hall–Kier alpha value is -2.14. The lowest BCUT2D eigenvalue weighted by Crippen LogP contribution is -2.14. The van der Waals surface area contributed by atoms with Crippen molar-refractivity contribution in [3.05, 3.63) is 47.9 Å². The van der Waals surface area contributed by atoms with E-state index in [0.717, 1.165) is 5.69 Å². The summed E-state index contributed by atoms with van der Waals surface area (Å²) < 4.78 is 19.2. The van der Waals surface area contributed by atoms with E-state index in [-0.39, 0.29) is 18.0 Å². The van der Waals surface area contributed by atoms with E-state index in [9.17, 15) is 4.39 Å². The summed E-state index contributed by atoms with van der Waals surface area (Å²) in [5, 5.41) is 9.07. The predicted octanol–water partition coefficient (Wildman–Crippen LogP) is 2.49. The van der Waals surface area contributed by atoms with Gasteiger partial charge >= 0.3 is 0 Å². The van der Waals surface area contributed by atoms with Crippen LogP contribution in [0.1, 0.15) is 5.56 Å². The van der Waals surface area contributed by atoms with E-state index in [2.05, 4.69) is 4.98 Å². The molecule has 0 aliphatic carbocycles. The minimum atomic E-state index is -0.518. The minimum absolute atomic E-state index is 0.166. The Morgan fingerprint density at radius 2 is 2.16 bits per heavy atom. The molecule has 0 amide bonds. The van der Waals surface area contributed by atoms with Crippen molar-refractivity contribution in [1.82, 2.24) is 4.98 Å². The first-order valence-corrected chi connectivity index (χ1v) is 5.79. The lowest BCUT2D eigenvalue weighted by atomic mass is 10.2. The second-order valence-electron chi connectivity index (χ2n) is 4.03. The van der Waals surface area contributed by atoms with E-state index in [4.69, 9.17) is 9.84 Å². The van der Waals surface area contributed by atoms with Gasteiger partial charge < -0.3 is 14.7 Å². The molecule has 100 valence electrons. The van der Waals surface area contributed by atoms with Gasteiger partial charge in [-0.2, -0.15) is 0 Å². The van der Waals surface area contributed by atoms with Crippen LogP contribution in [0.5, 0.6) is 5.75 Å². The quantitative estimate of drug-likeness (QED) is 0.919. The molecular formula is C14H15FN2O2. The molecule has 1 N–H and O–H groups in total. The Labute approximate surface area is 111 Å². The van der Waals surface area contributed by atoms with Gasteiger partial charge in [0.2, 0.25) is 0 Å². The van der Waals surface area contributed by atoms with Gasteiger partial charge in [0.25, 0.3) is 0 Å². The number of nitrogens with zero attached hydrogens (tertiary/aromatic N) is 2. The molecule has 19 heavy (non-hydrogen) atoms. The molecule has 1 aromatic carbocycles. The number of methoxy groups -OCH3 is 1. The monoisotopic (exact) mass is 262 g/mol. The molecule has 2 rings (SSSR count). The van der Waals surface area contributed by atoms with Crippen molar-refractivity contribution in [2.45, 2.75) is 6.61 Å². The molecule has 0 unspecified atom stereocenters. The summed E-state index contributed by atoms with van der Waals surface area (Å²) in [5.41, 5.74) is 0.973. The first kappa shape index (κ1) is 13.3. The summed E-state index contributed by atoms with van der Waals surface area (Å²) in [5.74, 6) is 0.332. The van der Waals surface area contributed by atoms with Crippen LogP contribution >= 0.6 is 0 Å². The number of anilines is 2. The zero-order valence-corrected chi connectivity index (χ0v) is 10.8. The van der Waals surface area contributed by atoms with E-state index in [1.807, 2.05) is 18.2 Å². The molecule has 0 aliphatic rings. The standard InChI is InChI=1S/C14H15FN2O2/c1-17(11-4-3-5-12(8-11)19-2)14-13(15)10(9-18)6-7-16-14/h3-8,18H,9H2,1-2H3. The van der Waals surface area contributed by atoms with Crippen molar-refractivity contribution < 1.29 is 14.2 Å². The molecular weight excluding hydrogens is 247 g/mol. The van der Waals surface area contributed by atoms with Gasteiger partial charge in [-0.1, -0.05) is 6.07 Å². The molecule has 0 atom stereocenters. The van der Waals surface area contributed by atoms with Gasteiger partial charge in [0, 0.05) is 30.6 Å². The van der Waals surface area contributed by atoms with Gasteiger partial charge in [0.1, 0.15) is 5.75 Å². The minimum Gasteiger partial charge on any atom is -0.497 e. The van der Waals surface area contributed by atoms with Crippen LogP contribution in [-0.4, -0.2) is 24.2 Å². The highest BCUT2D eigenvalue weighted by molar-refractivity contribution is 5.61. The highest BCUT2D eigenvalue weighted by Crippen LogP contribution is 2.28. The summed E-state index contributed by atoms with van der Waals surface area (Å²) in [6, 6.07) is 8.70. The Morgan fingerprint density at radius 1 is 1.37 bits per heavy atom. The fraction of sp³-hybridized carbons (Fsp3) is 0.214. The van der Waals surface area contributed by atoms with Crippen LogP contribution in [0.2, 0.25) is 0 Å². The summed E-state index contributed by atoms with van der Waals surface area (Å²) >= 11 is 0. The zero-order valence-electron chi connectivity index (χ0n) is 10.8. The van der Waals surface area contributed by atoms with E-state index < -0.39 is 5.82 Å². The maximum atomic E-state index is 14.1. The fourth-order valence-corrected chi connectivity index (χ4v) is 1.77. The first-order valence-electron chi connectivity index (χ1n) is 5.79. The smallest absolute Gasteiger partial charge is 0.171 e. The number of rotatable bonds is 4. The molecule has 0 bridgehead atoms. The molecule has 0 saturated carbocycles. The highest BCUT2D eigenvalue weighted by atomic mass is 19.1. The molecule has 1 aromatic heterocycles. The zero-order chi connectivity index (χ0) is 13.8. The van der Waals surface area contributed by atoms with Crippen LogP contribution in [-0.2, 0) is 6.61 Å². The van der Waals surface area contributed by atoms with E-state index in [1.165, 1.54) is 12.3 Å². The Morgan fingerprint density at radius 3 is 2.84 bits per heavy atom. The third-order valence-corrected chi connectivity index (χ3v) is 2.88. The molecule has 0 fully saturated rings. The summed E-state index contributed by atoms with van der Waals surface area (Å²) in [4.78, 5) is 5.63. The number of aliphatic hydroxyl groups is 1. The first-order chi connectivity index (χ1) is 9.17. The van der Waals surface area contributed by atoms with Crippen molar-refractivity contribution >= 4 is 11.5 Å². The van der Waals surface area contributed by atoms with Gasteiger partial charge in [0.15, 0.2) is 11.6 Å². The van der Waals surface area contributed by atoms with Crippen LogP contribution in [0.3, 0.4) is 0 Å². The normalized spacial score (nSPS) is 10.3. The van der Waals surface area contributed by atoms with Crippen molar-refractivity contribution in [3.63, 3.8) is 0 Å². The van der Waals surface area contributed by atoms with Crippen molar-refractivity contribution in [3.8, 4) is 5.75 Å². The molecule has 5 heteroatoms. The molecule has 0 aliphatic heterocycles. The SMILES string of the molecule is COc1cccc(N(C)c2nccc(CO)c2F)c1. The second kappa shape index (κ2) is 5.67.